The number of likely N-dealkylation sites (N-methyl/N-ethyl adjacent to an activating group) is 2. The molecule has 1 unspecified atom stereocenters. The Kier molecular flexibility index (Phi) is 9.30. The SMILES string of the molecule is CCNC(=NCc1ccsc1)NCC1CN(C)CCN1C.I. The number of piperazine rings is 1. The average Bonchev–Trinajstić information content (AvgIpc) is 2.98. The lowest BCUT2D eigenvalue weighted by Gasteiger charge is -2.37. The summed E-state index contributed by atoms with van der Waals surface area (Å²) in [5, 5.41) is 11.0. The van der Waals surface area contributed by atoms with Crippen LogP contribution in [0.3, 0.4) is 0 Å². The molecule has 0 spiro atoms. The summed E-state index contributed by atoms with van der Waals surface area (Å²) in [7, 11) is 4.39. The van der Waals surface area contributed by atoms with Gasteiger partial charge in [0.25, 0.3) is 0 Å². The van der Waals surface area contributed by atoms with Crippen molar-refractivity contribution in [2.45, 2.75) is 19.5 Å². The van der Waals surface area contributed by atoms with Crippen molar-refractivity contribution in [3.8, 4) is 0 Å². The van der Waals surface area contributed by atoms with E-state index in [1.54, 1.807) is 11.3 Å². The smallest absolute Gasteiger partial charge is 0.191 e. The monoisotopic (exact) mass is 437 g/mol. The molecule has 2 rings (SSSR count). The molecular formula is C15H28IN5S. The first-order chi connectivity index (χ1) is 10.2. The minimum atomic E-state index is 0. The molecule has 126 valence electrons. The number of aliphatic imine (C=N–C) groups is 1. The van der Waals surface area contributed by atoms with Crippen molar-refractivity contribution in [1.82, 2.24) is 20.4 Å². The summed E-state index contributed by atoms with van der Waals surface area (Å²) in [5.41, 5.74) is 1.27. The summed E-state index contributed by atoms with van der Waals surface area (Å²) in [5.74, 6) is 0.908. The van der Waals surface area contributed by atoms with Gasteiger partial charge in [0, 0.05) is 38.8 Å². The van der Waals surface area contributed by atoms with Gasteiger partial charge in [-0.15, -0.1) is 24.0 Å². The number of rotatable bonds is 5. The largest absolute Gasteiger partial charge is 0.357 e. The van der Waals surface area contributed by atoms with Crippen LogP contribution in [0.1, 0.15) is 12.5 Å². The van der Waals surface area contributed by atoms with Gasteiger partial charge in [-0.25, -0.2) is 4.99 Å². The normalized spacial score (nSPS) is 20.5. The van der Waals surface area contributed by atoms with E-state index in [1.165, 1.54) is 5.56 Å². The molecule has 2 N–H and O–H groups in total. The molecule has 1 fully saturated rings. The van der Waals surface area contributed by atoms with Crippen LogP contribution in [0.2, 0.25) is 0 Å². The molecule has 1 aliphatic heterocycles. The summed E-state index contributed by atoms with van der Waals surface area (Å²) in [6.07, 6.45) is 0. The second-order valence-electron chi connectivity index (χ2n) is 5.60. The Morgan fingerprint density at radius 2 is 2.18 bits per heavy atom. The van der Waals surface area contributed by atoms with Crippen LogP contribution >= 0.6 is 35.3 Å². The maximum atomic E-state index is 4.65. The molecule has 2 heterocycles. The number of nitrogens with zero attached hydrogens (tertiary/aromatic N) is 3. The molecule has 5 nitrogen and oxygen atoms in total. The Hall–Kier alpha value is -0.380. The van der Waals surface area contributed by atoms with E-state index in [1.807, 2.05) is 0 Å². The van der Waals surface area contributed by atoms with Gasteiger partial charge >= 0.3 is 0 Å². The van der Waals surface area contributed by atoms with Crippen LogP contribution in [0.5, 0.6) is 0 Å². The molecule has 1 aliphatic rings. The second kappa shape index (κ2) is 10.4. The fourth-order valence-electron chi connectivity index (χ4n) is 2.43. The Balaban J connectivity index is 0.00000242. The number of hydrogen-bond acceptors (Lipinski definition) is 4. The van der Waals surface area contributed by atoms with Gasteiger partial charge in [0.2, 0.25) is 0 Å². The third-order valence-electron chi connectivity index (χ3n) is 3.83. The van der Waals surface area contributed by atoms with Gasteiger partial charge in [-0.1, -0.05) is 0 Å². The van der Waals surface area contributed by atoms with Crippen molar-refractivity contribution in [3.05, 3.63) is 22.4 Å². The maximum absolute atomic E-state index is 4.65. The summed E-state index contributed by atoms with van der Waals surface area (Å²) < 4.78 is 0. The molecule has 0 aromatic carbocycles. The van der Waals surface area contributed by atoms with Crippen LogP contribution in [0, 0.1) is 0 Å². The van der Waals surface area contributed by atoms with E-state index in [4.69, 9.17) is 0 Å². The summed E-state index contributed by atoms with van der Waals surface area (Å²) in [6, 6.07) is 2.66. The fourth-order valence-corrected chi connectivity index (χ4v) is 3.09. The zero-order valence-corrected chi connectivity index (χ0v) is 16.9. The molecule has 0 saturated carbocycles. The highest BCUT2D eigenvalue weighted by atomic mass is 127. The van der Waals surface area contributed by atoms with E-state index in [2.05, 4.69) is 63.3 Å². The Morgan fingerprint density at radius 1 is 1.36 bits per heavy atom. The van der Waals surface area contributed by atoms with E-state index >= 15 is 0 Å². The first kappa shape index (κ1) is 19.7. The number of hydrogen-bond donors (Lipinski definition) is 2. The number of nitrogens with one attached hydrogen (secondary N) is 2. The van der Waals surface area contributed by atoms with Gasteiger partial charge < -0.3 is 15.5 Å². The zero-order chi connectivity index (χ0) is 15.1. The van der Waals surface area contributed by atoms with E-state index in [9.17, 15) is 0 Å². The highest BCUT2D eigenvalue weighted by molar-refractivity contribution is 14.0. The van der Waals surface area contributed by atoms with E-state index in [0.29, 0.717) is 6.04 Å². The van der Waals surface area contributed by atoms with Crippen LogP contribution in [0.15, 0.2) is 21.8 Å². The van der Waals surface area contributed by atoms with Crippen LogP contribution in [-0.4, -0.2) is 68.6 Å². The fraction of sp³-hybridized carbons (Fsp3) is 0.667. The highest BCUT2D eigenvalue weighted by Crippen LogP contribution is 2.07. The topological polar surface area (TPSA) is 42.9 Å². The number of halogens is 1. The summed E-state index contributed by atoms with van der Waals surface area (Å²) in [6.45, 7) is 8.03. The Morgan fingerprint density at radius 3 is 2.86 bits per heavy atom. The summed E-state index contributed by atoms with van der Waals surface area (Å²) >= 11 is 1.72. The first-order valence-electron chi connectivity index (χ1n) is 7.61. The van der Waals surface area contributed by atoms with Crippen molar-refractivity contribution in [2.75, 3.05) is 46.8 Å². The first-order valence-corrected chi connectivity index (χ1v) is 8.55. The predicted molar refractivity (Wildman–Crippen MR) is 106 cm³/mol. The lowest BCUT2D eigenvalue weighted by Crippen LogP contribution is -2.55. The van der Waals surface area contributed by atoms with E-state index in [-0.39, 0.29) is 24.0 Å². The third-order valence-corrected chi connectivity index (χ3v) is 4.56. The van der Waals surface area contributed by atoms with Crippen molar-refractivity contribution in [3.63, 3.8) is 0 Å². The molecule has 1 saturated heterocycles. The maximum Gasteiger partial charge on any atom is 0.191 e. The van der Waals surface area contributed by atoms with Gasteiger partial charge in [0.15, 0.2) is 5.96 Å². The van der Waals surface area contributed by atoms with E-state index in [0.717, 1.165) is 45.2 Å². The minimum absolute atomic E-state index is 0. The lowest BCUT2D eigenvalue weighted by molar-refractivity contribution is 0.116. The predicted octanol–water partition coefficient (Wildman–Crippen LogP) is 1.67. The van der Waals surface area contributed by atoms with Gasteiger partial charge in [-0.05, 0) is 43.4 Å². The molecule has 7 heteroatoms. The molecule has 0 aliphatic carbocycles. The molecule has 1 atom stereocenters. The number of guanidine groups is 1. The van der Waals surface area contributed by atoms with Gasteiger partial charge in [0.05, 0.1) is 6.54 Å². The highest BCUT2D eigenvalue weighted by Gasteiger charge is 2.21. The van der Waals surface area contributed by atoms with E-state index < -0.39 is 0 Å². The molecule has 0 radical (unpaired) electrons. The lowest BCUT2D eigenvalue weighted by atomic mass is 10.2. The van der Waals surface area contributed by atoms with Gasteiger partial charge in [0.1, 0.15) is 0 Å². The molecular weight excluding hydrogens is 409 g/mol. The molecule has 0 bridgehead atoms. The van der Waals surface area contributed by atoms with Crippen molar-refractivity contribution >= 4 is 41.3 Å². The molecule has 22 heavy (non-hydrogen) atoms. The number of thiophene rings is 1. The van der Waals surface area contributed by atoms with Crippen molar-refractivity contribution in [1.29, 1.82) is 0 Å². The van der Waals surface area contributed by atoms with Crippen LogP contribution in [-0.2, 0) is 6.54 Å². The zero-order valence-electron chi connectivity index (χ0n) is 13.7. The minimum Gasteiger partial charge on any atom is -0.357 e. The Bertz CT molecular complexity index is 437. The van der Waals surface area contributed by atoms with Crippen molar-refractivity contribution in [2.24, 2.45) is 4.99 Å². The van der Waals surface area contributed by atoms with Gasteiger partial charge in [-0.2, -0.15) is 11.3 Å². The molecule has 1 aromatic heterocycles. The van der Waals surface area contributed by atoms with Crippen LogP contribution in [0.4, 0.5) is 0 Å². The second-order valence-corrected chi connectivity index (χ2v) is 6.38. The standard InChI is InChI=1S/C15H27N5S.HI/c1-4-16-15(17-9-13-5-8-21-12-13)18-10-14-11-19(2)6-7-20(14)3;/h5,8,12,14H,4,6-7,9-11H2,1-3H3,(H2,16,17,18);1H. The van der Waals surface area contributed by atoms with Crippen LogP contribution < -0.4 is 10.6 Å². The molecule has 0 amide bonds. The molecule has 1 aromatic rings. The Labute approximate surface area is 155 Å². The van der Waals surface area contributed by atoms with Gasteiger partial charge in [-0.3, -0.25) is 4.90 Å². The quantitative estimate of drug-likeness (QED) is 0.418. The third kappa shape index (κ3) is 6.39. The average molecular weight is 437 g/mol. The van der Waals surface area contributed by atoms with Crippen LogP contribution in [0.25, 0.3) is 0 Å². The van der Waals surface area contributed by atoms with Crippen molar-refractivity contribution < 1.29 is 0 Å². The summed E-state index contributed by atoms with van der Waals surface area (Å²) in [4.78, 5) is 9.47.